The standard InChI is InChI=1S/C15H22N2O2/c1-16-13-3-2-6-17(11-13)10-12-4-5-14-15(9-12)19-8-7-18-14/h4-5,9,13,16H,2-3,6-8,10-11H2,1H3. The number of rotatable bonds is 3. The van der Waals surface area contributed by atoms with Gasteiger partial charge in [-0.25, -0.2) is 0 Å². The second kappa shape index (κ2) is 5.80. The maximum Gasteiger partial charge on any atom is 0.161 e. The Morgan fingerprint density at radius 3 is 2.95 bits per heavy atom. The van der Waals surface area contributed by atoms with Gasteiger partial charge >= 0.3 is 0 Å². The van der Waals surface area contributed by atoms with E-state index >= 15 is 0 Å². The van der Waals surface area contributed by atoms with Gasteiger partial charge in [0.2, 0.25) is 0 Å². The van der Waals surface area contributed by atoms with Gasteiger partial charge in [-0.2, -0.15) is 0 Å². The molecule has 1 fully saturated rings. The summed E-state index contributed by atoms with van der Waals surface area (Å²) in [6.07, 6.45) is 2.56. The first-order chi connectivity index (χ1) is 9.35. The van der Waals surface area contributed by atoms with Crippen molar-refractivity contribution < 1.29 is 9.47 Å². The second-order valence-electron chi connectivity index (χ2n) is 5.34. The Labute approximate surface area is 114 Å². The molecule has 1 N–H and O–H groups in total. The van der Waals surface area contributed by atoms with E-state index in [1.807, 2.05) is 6.07 Å². The van der Waals surface area contributed by atoms with E-state index in [2.05, 4.69) is 29.4 Å². The maximum atomic E-state index is 5.64. The molecule has 4 nitrogen and oxygen atoms in total. The van der Waals surface area contributed by atoms with Crippen LogP contribution in [0.1, 0.15) is 18.4 Å². The molecule has 2 aliphatic heterocycles. The monoisotopic (exact) mass is 262 g/mol. The van der Waals surface area contributed by atoms with Crippen LogP contribution < -0.4 is 14.8 Å². The molecule has 1 aromatic carbocycles. The molecule has 1 saturated heterocycles. The summed E-state index contributed by atoms with van der Waals surface area (Å²) in [5.41, 5.74) is 1.31. The fourth-order valence-corrected chi connectivity index (χ4v) is 2.88. The Kier molecular flexibility index (Phi) is 3.89. The topological polar surface area (TPSA) is 33.7 Å². The zero-order valence-corrected chi connectivity index (χ0v) is 11.5. The molecule has 0 bridgehead atoms. The molecule has 0 saturated carbocycles. The first-order valence-electron chi connectivity index (χ1n) is 7.13. The zero-order valence-electron chi connectivity index (χ0n) is 11.5. The number of likely N-dealkylation sites (tertiary alicyclic amines) is 1. The van der Waals surface area contributed by atoms with Gasteiger partial charge in [-0.1, -0.05) is 6.07 Å². The van der Waals surface area contributed by atoms with Crippen molar-refractivity contribution in [1.82, 2.24) is 10.2 Å². The lowest BCUT2D eigenvalue weighted by molar-refractivity contribution is 0.169. The van der Waals surface area contributed by atoms with Crippen LogP contribution in [0, 0.1) is 0 Å². The van der Waals surface area contributed by atoms with Crippen molar-refractivity contribution in [3.8, 4) is 11.5 Å². The quantitative estimate of drug-likeness (QED) is 0.898. The lowest BCUT2D eigenvalue weighted by atomic mass is 10.0. The predicted octanol–water partition coefficient (Wildman–Crippen LogP) is 1.64. The second-order valence-corrected chi connectivity index (χ2v) is 5.34. The molecule has 1 aromatic rings. The number of piperidine rings is 1. The largest absolute Gasteiger partial charge is 0.486 e. The molecule has 4 heteroatoms. The van der Waals surface area contributed by atoms with Crippen molar-refractivity contribution >= 4 is 0 Å². The van der Waals surface area contributed by atoms with Crippen LogP contribution in [0.2, 0.25) is 0 Å². The molecular formula is C15H22N2O2. The van der Waals surface area contributed by atoms with Crippen molar-refractivity contribution in [1.29, 1.82) is 0 Å². The van der Waals surface area contributed by atoms with E-state index < -0.39 is 0 Å². The molecule has 0 amide bonds. The number of nitrogens with one attached hydrogen (secondary N) is 1. The lowest BCUT2D eigenvalue weighted by Gasteiger charge is -2.32. The molecular weight excluding hydrogens is 240 g/mol. The Bertz CT molecular complexity index is 436. The van der Waals surface area contributed by atoms with Crippen LogP contribution in [0.25, 0.3) is 0 Å². The Hall–Kier alpha value is -1.26. The SMILES string of the molecule is CNC1CCCN(Cc2ccc3c(c2)OCCO3)C1. The van der Waals surface area contributed by atoms with Gasteiger partial charge in [0.15, 0.2) is 11.5 Å². The maximum absolute atomic E-state index is 5.64. The molecule has 0 aromatic heterocycles. The summed E-state index contributed by atoms with van der Waals surface area (Å²) in [5.74, 6) is 1.77. The van der Waals surface area contributed by atoms with E-state index in [9.17, 15) is 0 Å². The molecule has 2 heterocycles. The minimum absolute atomic E-state index is 0.631. The summed E-state index contributed by atoms with van der Waals surface area (Å²) < 4.78 is 11.2. The van der Waals surface area contributed by atoms with Gasteiger partial charge in [-0.05, 0) is 44.1 Å². The minimum atomic E-state index is 0.631. The number of fused-ring (bicyclic) bond motifs is 1. The third-order valence-corrected chi connectivity index (χ3v) is 3.93. The van der Waals surface area contributed by atoms with Gasteiger partial charge in [0.1, 0.15) is 13.2 Å². The highest BCUT2D eigenvalue weighted by Gasteiger charge is 2.19. The third kappa shape index (κ3) is 3.01. The Morgan fingerprint density at radius 1 is 1.26 bits per heavy atom. The van der Waals surface area contributed by atoms with E-state index in [1.54, 1.807) is 0 Å². The van der Waals surface area contributed by atoms with Gasteiger partial charge in [-0.15, -0.1) is 0 Å². The van der Waals surface area contributed by atoms with Crippen LogP contribution in [-0.4, -0.2) is 44.3 Å². The molecule has 19 heavy (non-hydrogen) atoms. The fourth-order valence-electron chi connectivity index (χ4n) is 2.88. The number of nitrogens with zero attached hydrogens (tertiary/aromatic N) is 1. The summed E-state index contributed by atoms with van der Waals surface area (Å²) in [7, 11) is 2.05. The molecule has 0 radical (unpaired) electrons. The number of hydrogen-bond acceptors (Lipinski definition) is 4. The van der Waals surface area contributed by atoms with Gasteiger partial charge < -0.3 is 14.8 Å². The van der Waals surface area contributed by atoms with Crippen LogP contribution in [-0.2, 0) is 6.54 Å². The Balaban J connectivity index is 1.66. The number of hydrogen-bond donors (Lipinski definition) is 1. The fraction of sp³-hybridized carbons (Fsp3) is 0.600. The van der Waals surface area contributed by atoms with Crippen molar-refractivity contribution in [3.63, 3.8) is 0 Å². The number of benzene rings is 1. The molecule has 104 valence electrons. The van der Waals surface area contributed by atoms with Gasteiger partial charge in [0.05, 0.1) is 0 Å². The van der Waals surface area contributed by atoms with E-state index in [1.165, 1.54) is 24.9 Å². The van der Waals surface area contributed by atoms with E-state index in [0.29, 0.717) is 19.3 Å². The summed E-state index contributed by atoms with van der Waals surface area (Å²) >= 11 is 0. The summed E-state index contributed by atoms with van der Waals surface area (Å²) in [6, 6.07) is 6.93. The van der Waals surface area contributed by atoms with E-state index in [-0.39, 0.29) is 0 Å². The van der Waals surface area contributed by atoms with Crippen LogP contribution >= 0.6 is 0 Å². The normalized spacial score (nSPS) is 23.3. The zero-order chi connectivity index (χ0) is 13.1. The molecule has 1 unspecified atom stereocenters. The molecule has 3 rings (SSSR count). The highest BCUT2D eigenvalue weighted by Crippen LogP contribution is 2.31. The number of ether oxygens (including phenoxy) is 2. The Morgan fingerprint density at radius 2 is 2.11 bits per heavy atom. The third-order valence-electron chi connectivity index (χ3n) is 3.93. The lowest BCUT2D eigenvalue weighted by Crippen LogP contribution is -2.43. The summed E-state index contributed by atoms with van der Waals surface area (Å²) in [6.45, 7) is 4.62. The smallest absolute Gasteiger partial charge is 0.161 e. The molecule has 0 spiro atoms. The van der Waals surface area contributed by atoms with Crippen molar-refractivity contribution in [3.05, 3.63) is 23.8 Å². The van der Waals surface area contributed by atoms with Crippen molar-refractivity contribution in [2.45, 2.75) is 25.4 Å². The van der Waals surface area contributed by atoms with Gasteiger partial charge in [0, 0.05) is 19.1 Å². The van der Waals surface area contributed by atoms with Gasteiger partial charge in [0.25, 0.3) is 0 Å². The van der Waals surface area contributed by atoms with E-state index in [4.69, 9.17) is 9.47 Å². The van der Waals surface area contributed by atoms with Crippen molar-refractivity contribution in [2.24, 2.45) is 0 Å². The van der Waals surface area contributed by atoms with Crippen LogP contribution in [0.5, 0.6) is 11.5 Å². The predicted molar refractivity (Wildman–Crippen MR) is 74.8 cm³/mol. The average Bonchev–Trinajstić information content (AvgIpc) is 2.47. The molecule has 1 atom stereocenters. The van der Waals surface area contributed by atoms with Gasteiger partial charge in [-0.3, -0.25) is 4.90 Å². The first-order valence-corrected chi connectivity index (χ1v) is 7.13. The average molecular weight is 262 g/mol. The summed E-state index contributed by atoms with van der Waals surface area (Å²) in [4.78, 5) is 2.51. The van der Waals surface area contributed by atoms with E-state index in [0.717, 1.165) is 24.6 Å². The van der Waals surface area contributed by atoms with Crippen molar-refractivity contribution in [2.75, 3.05) is 33.4 Å². The highest BCUT2D eigenvalue weighted by molar-refractivity contribution is 5.43. The minimum Gasteiger partial charge on any atom is -0.486 e. The van der Waals surface area contributed by atoms with Crippen LogP contribution in [0.15, 0.2) is 18.2 Å². The molecule has 0 aliphatic carbocycles. The first kappa shape index (κ1) is 12.8. The van der Waals surface area contributed by atoms with Crippen LogP contribution in [0.4, 0.5) is 0 Å². The molecule has 2 aliphatic rings. The number of likely N-dealkylation sites (N-methyl/N-ethyl adjacent to an activating group) is 1. The van der Waals surface area contributed by atoms with Crippen LogP contribution in [0.3, 0.4) is 0 Å². The summed E-state index contributed by atoms with van der Waals surface area (Å²) in [5, 5.41) is 3.38. The highest BCUT2D eigenvalue weighted by atomic mass is 16.6.